The zero-order valence-corrected chi connectivity index (χ0v) is 14.6. The summed E-state index contributed by atoms with van der Waals surface area (Å²) in [5.41, 5.74) is 1.29. The van der Waals surface area contributed by atoms with Crippen LogP contribution in [0.2, 0.25) is 10.0 Å². The number of hydrogen-bond donors (Lipinski definition) is 1. The summed E-state index contributed by atoms with van der Waals surface area (Å²) in [5, 5.41) is 3.71. The molecule has 2 aromatic carbocycles. The van der Waals surface area contributed by atoms with Gasteiger partial charge in [-0.2, -0.15) is 0 Å². The molecule has 1 amide bonds. The van der Waals surface area contributed by atoms with Crippen LogP contribution in [-0.4, -0.2) is 18.8 Å². The van der Waals surface area contributed by atoms with Crippen molar-refractivity contribution in [2.24, 2.45) is 0 Å². The molecule has 24 heavy (non-hydrogen) atoms. The molecule has 0 radical (unpaired) electrons. The van der Waals surface area contributed by atoms with Crippen LogP contribution >= 0.6 is 23.2 Å². The molecule has 0 aromatic heterocycles. The third-order valence-corrected chi connectivity index (χ3v) is 4.08. The van der Waals surface area contributed by atoms with Crippen molar-refractivity contribution >= 4 is 34.8 Å². The molecule has 3 rings (SSSR count). The van der Waals surface area contributed by atoms with Crippen molar-refractivity contribution in [1.82, 2.24) is 0 Å². The Hall–Kier alpha value is -2.11. The first-order valence-corrected chi connectivity index (χ1v) is 8.02. The fraction of sp³-hybridized carbons (Fsp3) is 0.235. The molecule has 1 aliphatic rings. The van der Waals surface area contributed by atoms with Gasteiger partial charge in [-0.3, -0.25) is 4.79 Å². The van der Waals surface area contributed by atoms with Gasteiger partial charge in [0.2, 0.25) is 6.79 Å². The Kier molecular flexibility index (Phi) is 4.73. The number of halogens is 2. The molecule has 0 fully saturated rings. The second-order valence-corrected chi connectivity index (χ2v) is 6.19. The van der Waals surface area contributed by atoms with Crippen molar-refractivity contribution in [3.63, 3.8) is 0 Å². The summed E-state index contributed by atoms with van der Waals surface area (Å²) >= 11 is 12.1. The van der Waals surface area contributed by atoms with E-state index in [1.165, 1.54) is 0 Å². The minimum atomic E-state index is -0.716. The first-order valence-electron chi connectivity index (χ1n) is 7.27. The molecule has 0 bridgehead atoms. The van der Waals surface area contributed by atoms with Gasteiger partial charge in [0.25, 0.3) is 5.91 Å². The van der Waals surface area contributed by atoms with E-state index in [2.05, 4.69) is 5.32 Å². The molecule has 1 aliphatic heterocycles. The highest BCUT2D eigenvalue weighted by Gasteiger charge is 2.21. The Labute approximate surface area is 149 Å². The molecule has 2 aromatic rings. The lowest BCUT2D eigenvalue weighted by Gasteiger charge is -2.17. The van der Waals surface area contributed by atoms with Crippen molar-refractivity contribution in [2.75, 3.05) is 12.1 Å². The lowest BCUT2D eigenvalue weighted by Crippen LogP contribution is -2.30. The first-order chi connectivity index (χ1) is 11.4. The molecule has 7 heteroatoms. The van der Waals surface area contributed by atoms with E-state index in [0.29, 0.717) is 33.0 Å². The third kappa shape index (κ3) is 3.52. The Bertz CT molecular complexity index is 794. The highest BCUT2D eigenvalue weighted by Crippen LogP contribution is 2.39. The molecule has 5 nitrogen and oxygen atoms in total. The fourth-order valence-corrected chi connectivity index (χ4v) is 2.66. The zero-order chi connectivity index (χ0) is 17.3. The largest absolute Gasteiger partial charge is 0.481 e. The highest BCUT2D eigenvalue weighted by molar-refractivity contribution is 6.34. The van der Waals surface area contributed by atoms with E-state index in [1.54, 1.807) is 37.3 Å². The van der Waals surface area contributed by atoms with E-state index in [-0.39, 0.29) is 12.7 Å². The van der Waals surface area contributed by atoms with Gasteiger partial charge >= 0.3 is 0 Å². The monoisotopic (exact) mass is 367 g/mol. The summed E-state index contributed by atoms with van der Waals surface area (Å²) in [6.07, 6.45) is -0.716. The van der Waals surface area contributed by atoms with Gasteiger partial charge in [-0.15, -0.1) is 0 Å². The van der Waals surface area contributed by atoms with Crippen LogP contribution in [-0.2, 0) is 4.79 Å². The lowest BCUT2D eigenvalue weighted by atomic mass is 10.2. The second-order valence-electron chi connectivity index (χ2n) is 5.34. The summed E-state index contributed by atoms with van der Waals surface area (Å²) < 4.78 is 16.2. The maximum absolute atomic E-state index is 12.4. The van der Waals surface area contributed by atoms with Gasteiger partial charge in [0.1, 0.15) is 5.75 Å². The first kappa shape index (κ1) is 16.7. The van der Waals surface area contributed by atoms with Crippen LogP contribution in [0.1, 0.15) is 12.5 Å². The number of carbonyl (C=O) groups is 1. The Morgan fingerprint density at radius 1 is 1.21 bits per heavy atom. The summed E-state index contributed by atoms with van der Waals surface area (Å²) in [7, 11) is 0. The number of carbonyl (C=O) groups excluding carboxylic acids is 1. The van der Waals surface area contributed by atoms with E-state index in [0.717, 1.165) is 5.56 Å². The molecular weight excluding hydrogens is 353 g/mol. The van der Waals surface area contributed by atoms with E-state index >= 15 is 0 Å². The predicted octanol–water partition coefficient (Wildman–Crippen LogP) is 4.44. The van der Waals surface area contributed by atoms with Crippen LogP contribution in [0.5, 0.6) is 17.2 Å². The van der Waals surface area contributed by atoms with Gasteiger partial charge in [-0.1, -0.05) is 23.2 Å². The van der Waals surface area contributed by atoms with E-state index in [4.69, 9.17) is 37.4 Å². The average molecular weight is 368 g/mol. The van der Waals surface area contributed by atoms with Gasteiger partial charge in [0.15, 0.2) is 17.6 Å². The molecule has 126 valence electrons. The molecule has 1 atom stereocenters. The molecule has 0 aliphatic carbocycles. The summed E-state index contributed by atoms with van der Waals surface area (Å²) in [5.74, 6) is 1.36. The summed E-state index contributed by atoms with van der Waals surface area (Å²) in [6.45, 7) is 3.66. The minimum absolute atomic E-state index is 0.137. The molecule has 1 N–H and O–H groups in total. The number of nitrogens with one attached hydrogen (secondary N) is 1. The Balaban J connectivity index is 1.70. The van der Waals surface area contributed by atoms with Gasteiger partial charge in [-0.05, 0) is 37.6 Å². The fourth-order valence-electron chi connectivity index (χ4n) is 2.24. The number of amides is 1. The second kappa shape index (κ2) is 6.79. The topological polar surface area (TPSA) is 56.8 Å². The normalized spacial score (nSPS) is 13.5. The van der Waals surface area contributed by atoms with Crippen LogP contribution in [0, 0.1) is 6.92 Å². The van der Waals surface area contributed by atoms with Crippen molar-refractivity contribution in [3.05, 3.63) is 45.9 Å². The smallest absolute Gasteiger partial charge is 0.265 e. The highest BCUT2D eigenvalue weighted by atomic mass is 35.5. The number of anilines is 1. The van der Waals surface area contributed by atoms with Gasteiger partial charge in [-0.25, -0.2) is 0 Å². The van der Waals surface area contributed by atoms with Gasteiger partial charge in [0, 0.05) is 17.2 Å². The number of hydrogen-bond acceptors (Lipinski definition) is 4. The van der Waals surface area contributed by atoms with Crippen LogP contribution in [0.15, 0.2) is 30.3 Å². The van der Waals surface area contributed by atoms with E-state index in [1.807, 2.05) is 6.92 Å². The quantitative estimate of drug-likeness (QED) is 0.867. The van der Waals surface area contributed by atoms with Crippen LogP contribution in [0.4, 0.5) is 5.69 Å². The SMILES string of the molecule is Cc1cc(Cl)ccc1OC(C)C(=O)Nc1cc2c(cc1Cl)OCO2. The zero-order valence-electron chi connectivity index (χ0n) is 13.1. The number of fused-ring (bicyclic) bond motifs is 1. The van der Waals surface area contributed by atoms with E-state index < -0.39 is 6.10 Å². The molecule has 1 heterocycles. The number of aryl methyl sites for hydroxylation is 1. The van der Waals surface area contributed by atoms with Crippen LogP contribution in [0.25, 0.3) is 0 Å². The Morgan fingerprint density at radius 2 is 1.92 bits per heavy atom. The number of rotatable bonds is 4. The summed E-state index contributed by atoms with van der Waals surface area (Å²) in [6, 6.07) is 8.45. The van der Waals surface area contributed by atoms with Crippen molar-refractivity contribution in [1.29, 1.82) is 0 Å². The maximum atomic E-state index is 12.4. The number of benzene rings is 2. The van der Waals surface area contributed by atoms with E-state index in [9.17, 15) is 4.79 Å². The molecule has 1 unspecified atom stereocenters. The summed E-state index contributed by atoms with van der Waals surface area (Å²) in [4.78, 5) is 12.4. The lowest BCUT2D eigenvalue weighted by molar-refractivity contribution is -0.122. The van der Waals surface area contributed by atoms with Gasteiger partial charge in [0.05, 0.1) is 10.7 Å². The maximum Gasteiger partial charge on any atom is 0.265 e. The molecular formula is C17H15Cl2NO4. The number of ether oxygens (including phenoxy) is 3. The van der Waals surface area contributed by atoms with Gasteiger partial charge < -0.3 is 19.5 Å². The van der Waals surface area contributed by atoms with Crippen molar-refractivity contribution < 1.29 is 19.0 Å². The predicted molar refractivity (Wildman–Crippen MR) is 92.5 cm³/mol. The molecule has 0 saturated carbocycles. The Morgan fingerprint density at radius 3 is 2.62 bits per heavy atom. The van der Waals surface area contributed by atoms with Crippen molar-refractivity contribution in [2.45, 2.75) is 20.0 Å². The van der Waals surface area contributed by atoms with Crippen LogP contribution in [0.3, 0.4) is 0 Å². The van der Waals surface area contributed by atoms with Crippen molar-refractivity contribution in [3.8, 4) is 17.2 Å². The standard InChI is InChI=1S/C17H15Cl2NO4/c1-9-5-11(18)3-4-14(9)24-10(2)17(21)20-13-7-16-15(6-12(13)19)22-8-23-16/h3-7,10H,8H2,1-2H3,(H,20,21). The van der Waals surface area contributed by atoms with Crippen LogP contribution < -0.4 is 19.5 Å². The minimum Gasteiger partial charge on any atom is -0.481 e. The molecule has 0 spiro atoms. The average Bonchev–Trinajstić information content (AvgIpc) is 2.97. The third-order valence-electron chi connectivity index (χ3n) is 3.53. The molecule has 0 saturated heterocycles.